The normalized spacial score (nSPS) is 12.1. The van der Waals surface area contributed by atoms with Gasteiger partial charge in [0.25, 0.3) is 0 Å². The number of aryl methyl sites for hydroxylation is 1. The van der Waals surface area contributed by atoms with E-state index < -0.39 is 6.10 Å². The Bertz CT molecular complexity index is 540. The van der Waals surface area contributed by atoms with Crippen molar-refractivity contribution in [2.24, 2.45) is 0 Å². The number of hydrogen-bond acceptors (Lipinski definition) is 5. The molecule has 0 unspecified atom stereocenters. The van der Waals surface area contributed by atoms with Crippen LogP contribution in [0, 0.1) is 0 Å². The van der Waals surface area contributed by atoms with Crippen molar-refractivity contribution in [1.82, 2.24) is 10.3 Å². The van der Waals surface area contributed by atoms with Crippen molar-refractivity contribution < 1.29 is 9.90 Å². The second-order valence-corrected chi connectivity index (χ2v) is 5.94. The maximum Gasteiger partial charge on any atom is 0.321 e. The highest BCUT2D eigenvalue weighted by atomic mass is 32.1. The summed E-state index contributed by atoms with van der Waals surface area (Å²) in [5.41, 5.74) is 1.81. The monoisotopic (exact) mass is 311 g/mol. The molecule has 1 atom stereocenters. The van der Waals surface area contributed by atoms with E-state index in [0.717, 1.165) is 24.1 Å². The number of thiophene rings is 1. The highest BCUT2D eigenvalue weighted by molar-refractivity contribution is 7.13. The molecule has 20 heavy (non-hydrogen) atoms. The Morgan fingerprint density at radius 2 is 2.35 bits per heavy atom. The van der Waals surface area contributed by atoms with E-state index in [-0.39, 0.29) is 12.6 Å². The van der Waals surface area contributed by atoms with Crippen molar-refractivity contribution in [1.29, 1.82) is 0 Å². The topological polar surface area (TPSA) is 74.2 Å². The molecule has 0 aromatic carbocycles. The van der Waals surface area contributed by atoms with Gasteiger partial charge < -0.3 is 10.4 Å². The zero-order valence-electron chi connectivity index (χ0n) is 11.1. The highest BCUT2D eigenvalue weighted by Crippen LogP contribution is 2.17. The molecule has 0 aliphatic heterocycles. The summed E-state index contributed by atoms with van der Waals surface area (Å²) in [4.78, 5) is 16.0. The fourth-order valence-electron chi connectivity index (χ4n) is 1.65. The zero-order valence-corrected chi connectivity index (χ0v) is 12.8. The molecule has 0 spiro atoms. The third-order valence-electron chi connectivity index (χ3n) is 2.66. The van der Waals surface area contributed by atoms with Crippen LogP contribution < -0.4 is 10.6 Å². The molecule has 108 valence electrons. The molecule has 0 aliphatic carbocycles. The van der Waals surface area contributed by atoms with Crippen LogP contribution in [0.4, 0.5) is 9.93 Å². The van der Waals surface area contributed by atoms with E-state index >= 15 is 0 Å². The Labute approximate surface area is 125 Å². The summed E-state index contributed by atoms with van der Waals surface area (Å²) in [7, 11) is 0. The van der Waals surface area contributed by atoms with Crippen LogP contribution in [0.25, 0.3) is 0 Å². The Hall–Kier alpha value is -1.44. The number of nitrogens with zero attached hydrogens (tertiary/aromatic N) is 1. The van der Waals surface area contributed by atoms with Crippen LogP contribution >= 0.6 is 22.7 Å². The summed E-state index contributed by atoms with van der Waals surface area (Å²) in [5, 5.41) is 21.4. The van der Waals surface area contributed by atoms with E-state index in [1.165, 1.54) is 22.7 Å². The fraction of sp³-hybridized carbons (Fsp3) is 0.385. The number of carbonyl (C=O) groups excluding carboxylic acids is 1. The number of rotatable bonds is 6. The number of carbonyl (C=O) groups is 1. The molecular formula is C13H17N3O2S2. The number of urea groups is 1. The Kier molecular flexibility index (Phi) is 5.51. The number of aliphatic hydroxyl groups is 1. The van der Waals surface area contributed by atoms with Gasteiger partial charge in [-0.2, -0.15) is 11.3 Å². The van der Waals surface area contributed by atoms with Crippen molar-refractivity contribution in [3.8, 4) is 0 Å². The maximum atomic E-state index is 11.7. The van der Waals surface area contributed by atoms with Crippen LogP contribution in [-0.4, -0.2) is 22.7 Å². The average Bonchev–Trinajstić information content (AvgIpc) is 3.08. The van der Waals surface area contributed by atoms with E-state index in [2.05, 4.69) is 22.5 Å². The van der Waals surface area contributed by atoms with Crippen LogP contribution in [-0.2, 0) is 6.42 Å². The molecule has 0 aliphatic rings. The molecule has 2 heterocycles. The van der Waals surface area contributed by atoms with Gasteiger partial charge in [0, 0.05) is 11.9 Å². The van der Waals surface area contributed by atoms with Crippen molar-refractivity contribution in [3.05, 3.63) is 33.5 Å². The second kappa shape index (κ2) is 7.37. The molecule has 2 aromatic heterocycles. The molecule has 5 nitrogen and oxygen atoms in total. The summed E-state index contributed by atoms with van der Waals surface area (Å²) in [5.74, 6) is 0. The molecule has 2 rings (SSSR count). The fourth-order valence-corrected chi connectivity index (χ4v) is 3.10. The van der Waals surface area contributed by atoms with E-state index in [0.29, 0.717) is 5.13 Å². The first-order chi connectivity index (χ1) is 9.69. The summed E-state index contributed by atoms with van der Waals surface area (Å²) in [6, 6.07) is 1.49. The molecule has 0 saturated carbocycles. The van der Waals surface area contributed by atoms with Gasteiger partial charge in [-0.3, -0.25) is 5.32 Å². The number of aromatic nitrogens is 1. The number of anilines is 1. The van der Waals surface area contributed by atoms with Crippen LogP contribution in [0.15, 0.2) is 22.2 Å². The lowest BCUT2D eigenvalue weighted by Gasteiger charge is -2.10. The molecule has 7 heteroatoms. The minimum atomic E-state index is -0.682. The highest BCUT2D eigenvalue weighted by Gasteiger charge is 2.11. The quantitative estimate of drug-likeness (QED) is 0.767. The van der Waals surface area contributed by atoms with Crippen molar-refractivity contribution in [2.75, 3.05) is 11.9 Å². The third kappa shape index (κ3) is 4.29. The van der Waals surface area contributed by atoms with Gasteiger partial charge in [-0.25, -0.2) is 9.78 Å². The van der Waals surface area contributed by atoms with Crippen molar-refractivity contribution >= 4 is 33.8 Å². The maximum absolute atomic E-state index is 11.7. The summed E-state index contributed by atoms with van der Waals surface area (Å²) >= 11 is 2.92. The number of nitrogens with one attached hydrogen (secondary N) is 2. The molecule has 0 saturated heterocycles. The number of aliphatic hydroxyl groups excluding tert-OH is 1. The standard InChI is InChI=1S/C13H17N3O2S2/c1-2-3-10-8-20-13(15-10)16-12(18)14-6-11(17)9-4-5-19-7-9/h4-5,7-8,11,17H,2-3,6H2,1H3,(H2,14,15,16,18)/t11-/m0/s1. The van der Waals surface area contributed by atoms with Gasteiger partial charge in [0.1, 0.15) is 0 Å². The van der Waals surface area contributed by atoms with Crippen molar-refractivity contribution in [3.63, 3.8) is 0 Å². The predicted octanol–water partition coefficient (Wildman–Crippen LogP) is 3.01. The minimum absolute atomic E-state index is 0.176. The molecule has 0 fully saturated rings. The second-order valence-electron chi connectivity index (χ2n) is 4.30. The lowest BCUT2D eigenvalue weighted by atomic mass is 10.2. The van der Waals surface area contributed by atoms with Crippen LogP contribution in [0.1, 0.15) is 30.7 Å². The smallest absolute Gasteiger partial charge is 0.321 e. The van der Waals surface area contributed by atoms with Gasteiger partial charge in [-0.15, -0.1) is 11.3 Å². The SMILES string of the molecule is CCCc1csc(NC(=O)NC[C@H](O)c2ccsc2)n1. The third-order valence-corrected chi connectivity index (χ3v) is 4.17. The molecule has 2 amide bonds. The Morgan fingerprint density at radius 1 is 1.50 bits per heavy atom. The van der Waals surface area contributed by atoms with Gasteiger partial charge >= 0.3 is 6.03 Å². The van der Waals surface area contributed by atoms with E-state index in [4.69, 9.17) is 0 Å². The number of hydrogen-bond donors (Lipinski definition) is 3. The van der Waals surface area contributed by atoms with Crippen LogP contribution in [0.5, 0.6) is 0 Å². The summed E-state index contributed by atoms with van der Waals surface area (Å²) in [6.07, 6.45) is 1.26. The van der Waals surface area contributed by atoms with E-state index in [1.54, 1.807) is 0 Å². The average molecular weight is 311 g/mol. The Balaban J connectivity index is 1.77. The van der Waals surface area contributed by atoms with Crippen molar-refractivity contribution in [2.45, 2.75) is 25.9 Å². The lowest BCUT2D eigenvalue weighted by molar-refractivity contribution is 0.175. The van der Waals surface area contributed by atoms with Crippen LogP contribution in [0.3, 0.4) is 0 Å². The van der Waals surface area contributed by atoms with E-state index in [1.807, 2.05) is 22.2 Å². The van der Waals surface area contributed by atoms with E-state index in [9.17, 15) is 9.90 Å². The van der Waals surface area contributed by atoms with Gasteiger partial charge in [0.2, 0.25) is 0 Å². The first-order valence-corrected chi connectivity index (χ1v) is 8.20. The predicted molar refractivity (Wildman–Crippen MR) is 82.4 cm³/mol. The number of amides is 2. The largest absolute Gasteiger partial charge is 0.387 e. The molecule has 0 radical (unpaired) electrons. The van der Waals surface area contributed by atoms with Gasteiger partial charge in [-0.1, -0.05) is 13.3 Å². The summed E-state index contributed by atoms with van der Waals surface area (Å²) in [6.45, 7) is 2.26. The molecular weight excluding hydrogens is 294 g/mol. The van der Waals surface area contributed by atoms with Gasteiger partial charge in [-0.05, 0) is 28.8 Å². The molecule has 0 bridgehead atoms. The first kappa shape index (κ1) is 15.0. The van der Waals surface area contributed by atoms with Crippen LogP contribution in [0.2, 0.25) is 0 Å². The molecule has 2 aromatic rings. The van der Waals surface area contributed by atoms with Gasteiger partial charge in [0.15, 0.2) is 5.13 Å². The summed E-state index contributed by atoms with van der Waals surface area (Å²) < 4.78 is 0. The lowest BCUT2D eigenvalue weighted by Crippen LogP contribution is -2.32. The number of thiazole rings is 1. The zero-order chi connectivity index (χ0) is 14.4. The minimum Gasteiger partial charge on any atom is -0.387 e. The van der Waals surface area contributed by atoms with Gasteiger partial charge in [0.05, 0.1) is 11.8 Å². The Morgan fingerprint density at radius 3 is 3.05 bits per heavy atom. The molecule has 3 N–H and O–H groups in total. The first-order valence-electron chi connectivity index (χ1n) is 6.38.